The van der Waals surface area contributed by atoms with E-state index in [0.717, 1.165) is 36.3 Å². The standard InChI is InChI=1S/C15H17FN2O/c16-12-4-1-10(2-5-12)8-15-18-13-6-3-11(9-17)7-14(13)19-15/h1-2,4-5,11H,3,6-9,17H2. The van der Waals surface area contributed by atoms with Crippen LogP contribution >= 0.6 is 0 Å². The largest absolute Gasteiger partial charge is 0.445 e. The van der Waals surface area contributed by atoms with E-state index in [2.05, 4.69) is 4.98 Å². The summed E-state index contributed by atoms with van der Waals surface area (Å²) in [7, 11) is 0. The molecule has 19 heavy (non-hydrogen) atoms. The molecule has 100 valence electrons. The first-order chi connectivity index (χ1) is 9.24. The predicted molar refractivity (Wildman–Crippen MR) is 70.3 cm³/mol. The average molecular weight is 260 g/mol. The molecule has 4 heteroatoms. The van der Waals surface area contributed by atoms with Crippen molar-refractivity contribution >= 4 is 0 Å². The summed E-state index contributed by atoms with van der Waals surface area (Å²) in [6.45, 7) is 0.702. The first-order valence-electron chi connectivity index (χ1n) is 6.66. The fourth-order valence-electron chi connectivity index (χ4n) is 2.55. The highest BCUT2D eigenvalue weighted by Gasteiger charge is 2.23. The molecule has 1 aromatic heterocycles. The van der Waals surface area contributed by atoms with Crippen LogP contribution in [0.25, 0.3) is 0 Å². The first-order valence-corrected chi connectivity index (χ1v) is 6.66. The van der Waals surface area contributed by atoms with Crippen LogP contribution in [0.3, 0.4) is 0 Å². The number of aryl methyl sites for hydroxylation is 1. The Morgan fingerprint density at radius 1 is 1.32 bits per heavy atom. The zero-order valence-corrected chi connectivity index (χ0v) is 10.7. The minimum atomic E-state index is -0.221. The number of nitrogens with two attached hydrogens (primary N) is 1. The molecule has 0 spiro atoms. The summed E-state index contributed by atoms with van der Waals surface area (Å²) in [6.07, 6.45) is 3.54. The average Bonchev–Trinajstić information content (AvgIpc) is 2.82. The van der Waals surface area contributed by atoms with Gasteiger partial charge in [0.2, 0.25) is 0 Å². The van der Waals surface area contributed by atoms with Gasteiger partial charge < -0.3 is 10.2 Å². The van der Waals surface area contributed by atoms with Crippen LogP contribution < -0.4 is 5.73 Å². The Kier molecular flexibility index (Phi) is 3.34. The van der Waals surface area contributed by atoms with Crippen molar-refractivity contribution in [2.45, 2.75) is 25.7 Å². The van der Waals surface area contributed by atoms with Gasteiger partial charge in [0.15, 0.2) is 5.89 Å². The Hall–Kier alpha value is -1.68. The van der Waals surface area contributed by atoms with Gasteiger partial charge in [-0.1, -0.05) is 12.1 Å². The second-order valence-corrected chi connectivity index (χ2v) is 5.13. The summed E-state index contributed by atoms with van der Waals surface area (Å²) in [5, 5.41) is 0. The molecule has 0 radical (unpaired) electrons. The number of hydrogen-bond acceptors (Lipinski definition) is 3. The molecule has 3 rings (SSSR count). The van der Waals surface area contributed by atoms with E-state index in [1.54, 1.807) is 12.1 Å². The van der Waals surface area contributed by atoms with Crippen LogP contribution in [-0.4, -0.2) is 11.5 Å². The van der Waals surface area contributed by atoms with Crippen molar-refractivity contribution in [3.63, 3.8) is 0 Å². The molecule has 2 aromatic rings. The third-order valence-corrected chi connectivity index (χ3v) is 3.69. The van der Waals surface area contributed by atoms with E-state index in [1.165, 1.54) is 12.1 Å². The number of fused-ring (bicyclic) bond motifs is 1. The fraction of sp³-hybridized carbons (Fsp3) is 0.400. The number of benzene rings is 1. The number of halogens is 1. The Bertz CT molecular complexity index is 562. The van der Waals surface area contributed by atoms with Crippen molar-refractivity contribution in [3.05, 3.63) is 53.0 Å². The maximum absolute atomic E-state index is 12.8. The van der Waals surface area contributed by atoms with Gasteiger partial charge in [0.1, 0.15) is 11.6 Å². The lowest BCUT2D eigenvalue weighted by molar-refractivity contribution is 0.386. The molecule has 1 aliphatic carbocycles. The molecule has 1 aliphatic rings. The SMILES string of the molecule is NCC1CCc2nc(Cc3ccc(F)cc3)oc2C1. The predicted octanol–water partition coefficient (Wildman–Crippen LogP) is 2.47. The van der Waals surface area contributed by atoms with Crippen LogP contribution in [0.4, 0.5) is 4.39 Å². The maximum Gasteiger partial charge on any atom is 0.199 e. The van der Waals surface area contributed by atoms with Gasteiger partial charge in [0.05, 0.1) is 5.69 Å². The van der Waals surface area contributed by atoms with Gasteiger partial charge in [-0.25, -0.2) is 9.37 Å². The highest BCUT2D eigenvalue weighted by Crippen LogP contribution is 2.26. The number of nitrogens with zero attached hydrogens (tertiary/aromatic N) is 1. The van der Waals surface area contributed by atoms with E-state index < -0.39 is 0 Å². The fourth-order valence-corrected chi connectivity index (χ4v) is 2.55. The number of aromatic nitrogens is 1. The van der Waals surface area contributed by atoms with Crippen LogP contribution in [0.15, 0.2) is 28.7 Å². The highest BCUT2D eigenvalue weighted by atomic mass is 19.1. The normalized spacial score (nSPS) is 18.3. The molecule has 2 N–H and O–H groups in total. The van der Waals surface area contributed by atoms with Crippen molar-refractivity contribution < 1.29 is 8.81 Å². The third kappa shape index (κ3) is 2.68. The van der Waals surface area contributed by atoms with Crippen LogP contribution in [0, 0.1) is 11.7 Å². The third-order valence-electron chi connectivity index (χ3n) is 3.69. The van der Waals surface area contributed by atoms with Gasteiger partial charge in [0.25, 0.3) is 0 Å². The molecule has 0 saturated carbocycles. The van der Waals surface area contributed by atoms with Gasteiger partial charge in [-0.15, -0.1) is 0 Å². The summed E-state index contributed by atoms with van der Waals surface area (Å²) in [4.78, 5) is 4.54. The molecule has 1 heterocycles. The van der Waals surface area contributed by atoms with E-state index in [4.69, 9.17) is 10.2 Å². The lowest BCUT2D eigenvalue weighted by Gasteiger charge is -2.17. The molecular weight excluding hydrogens is 243 g/mol. The molecule has 1 unspecified atom stereocenters. The Morgan fingerprint density at radius 3 is 2.84 bits per heavy atom. The second kappa shape index (κ2) is 5.13. The number of rotatable bonds is 3. The van der Waals surface area contributed by atoms with Gasteiger partial charge in [-0.3, -0.25) is 0 Å². The van der Waals surface area contributed by atoms with Gasteiger partial charge in [-0.2, -0.15) is 0 Å². The maximum atomic E-state index is 12.8. The molecule has 0 bridgehead atoms. The van der Waals surface area contributed by atoms with E-state index in [0.29, 0.717) is 24.8 Å². The molecule has 3 nitrogen and oxygen atoms in total. The van der Waals surface area contributed by atoms with Crippen molar-refractivity contribution in [1.82, 2.24) is 4.98 Å². The molecule has 0 amide bonds. The van der Waals surface area contributed by atoms with Crippen molar-refractivity contribution in [2.24, 2.45) is 11.7 Å². The quantitative estimate of drug-likeness (QED) is 0.922. The monoisotopic (exact) mass is 260 g/mol. The van der Waals surface area contributed by atoms with Crippen LogP contribution in [0.5, 0.6) is 0 Å². The summed E-state index contributed by atoms with van der Waals surface area (Å²) < 4.78 is 18.7. The zero-order chi connectivity index (χ0) is 13.2. The summed E-state index contributed by atoms with van der Waals surface area (Å²) in [6, 6.07) is 6.45. The highest BCUT2D eigenvalue weighted by molar-refractivity contribution is 5.21. The summed E-state index contributed by atoms with van der Waals surface area (Å²) in [5.41, 5.74) is 7.79. The number of hydrogen-bond donors (Lipinski definition) is 1. The first kappa shape index (κ1) is 12.4. The smallest absolute Gasteiger partial charge is 0.199 e. The van der Waals surface area contributed by atoms with E-state index in [1.807, 2.05) is 0 Å². The van der Waals surface area contributed by atoms with Crippen LogP contribution in [-0.2, 0) is 19.3 Å². The minimum absolute atomic E-state index is 0.221. The van der Waals surface area contributed by atoms with E-state index in [9.17, 15) is 4.39 Å². The Labute approximate surface area is 111 Å². The van der Waals surface area contributed by atoms with E-state index in [-0.39, 0.29) is 5.82 Å². The van der Waals surface area contributed by atoms with E-state index >= 15 is 0 Å². The topological polar surface area (TPSA) is 52.0 Å². The Morgan fingerprint density at radius 2 is 2.11 bits per heavy atom. The van der Waals surface area contributed by atoms with Crippen molar-refractivity contribution in [2.75, 3.05) is 6.54 Å². The van der Waals surface area contributed by atoms with Crippen molar-refractivity contribution in [1.29, 1.82) is 0 Å². The minimum Gasteiger partial charge on any atom is -0.445 e. The Balaban J connectivity index is 1.76. The van der Waals surface area contributed by atoms with Gasteiger partial charge in [0, 0.05) is 12.8 Å². The second-order valence-electron chi connectivity index (χ2n) is 5.13. The lowest BCUT2D eigenvalue weighted by Crippen LogP contribution is -2.21. The van der Waals surface area contributed by atoms with Crippen LogP contribution in [0.2, 0.25) is 0 Å². The van der Waals surface area contributed by atoms with Crippen molar-refractivity contribution in [3.8, 4) is 0 Å². The molecule has 1 aromatic carbocycles. The molecule has 0 saturated heterocycles. The number of oxazole rings is 1. The molecule has 0 fully saturated rings. The molecule has 1 atom stereocenters. The summed E-state index contributed by atoms with van der Waals surface area (Å²) in [5.74, 6) is 1.99. The van der Waals surface area contributed by atoms with Gasteiger partial charge >= 0.3 is 0 Å². The zero-order valence-electron chi connectivity index (χ0n) is 10.7. The van der Waals surface area contributed by atoms with Crippen LogP contribution in [0.1, 0.15) is 29.3 Å². The molecule has 0 aliphatic heterocycles. The molecular formula is C15H17FN2O. The lowest BCUT2D eigenvalue weighted by atomic mass is 9.91. The van der Waals surface area contributed by atoms with Gasteiger partial charge in [-0.05, 0) is 43.0 Å². The summed E-state index contributed by atoms with van der Waals surface area (Å²) >= 11 is 0.